The number of amides is 1. The van der Waals surface area contributed by atoms with Crippen LogP contribution < -0.4 is 4.74 Å². The Hall–Kier alpha value is -1.84. The lowest BCUT2D eigenvalue weighted by Gasteiger charge is -2.43. The van der Waals surface area contributed by atoms with Crippen molar-refractivity contribution in [3.63, 3.8) is 0 Å². The van der Waals surface area contributed by atoms with E-state index in [1.807, 2.05) is 30.0 Å². The van der Waals surface area contributed by atoms with Crippen LogP contribution in [0, 0.1) is 6.92 Å². The van der Waals surface area contributed by atoms with Gasteiger partial charge in [0, 0.05) is 32.9 Å². The highest BCUT2D eigenvalue weighted by Crippen LogP contribution is 2.39. The van der Waals surface area contributed by atoms with Gasteiger partial charge in [-0.3, -0.25) is 9.59 Å². The van der Waals surface area contributed by atoms with Crippen LogP contribution in [0.3, 0.4) is 0 Å². The molecule has 4 nitrogen and oxygen atoms in total. The Morgan fingerprint density at radius 2 is 2.00 bits per heavy atom. The van der Waals surface area contributed by atoms with E-state index in [2.05, 4.69) is 0 Å². The molecule has 0 unspecified atom stereocenters. The largest absolute Gasteiger partial charge is 0.486 e. The molecule has 0 saturated carbocycles. The summed E-state index contributed by atoms with van der Waals surface area (Å²) in [5.41, 5.74) is 1.36. The maximum Gasteiger partial charge on any atom is 0.219 e. The highest BCUT2D eigenvalue weighted by atomic mass is 16.5. The summed E-state index contributed by atoms with van der Waals surface area (Å²) in [6.45, 7) is 4.90. The van der Waals surface area contributed by atoms with Gasteiger partial charge in [0.25, 0.3) is 0 Å². The number of aryl methyl sites for hydroxylation is 1. The molecular formula is C16H19NO3. The molecule has 20 heavy (non-hydrogen) atoms. The van der Waals surface area contributed by atoms with Crippen LogP contribution in [0.2, 0.25) is 0 Å². The van der Waals surface area contributed by atoms with Gasteiger partial charge in [0.1, 0.15) is 11.4 Å². The van der Waals surface area contributed by atoms with E-state index >= 15 is 0 Å². The number of carbonyl (C=O) groups excluding carboxylic acids is 2. The van der Waals surface area contributed by atoms with Gasteiger partial charge in [-0.1, -0.05) is 11.6 Å². The Kier molecular flexibility index (Phi) is 3.04. The molecule has 1 amide bonds. The number of piperidine rings is 1. The normalized spacial score (nSPS) is 20.5. The van der Waals surface area contributed by atoms with Gasteiger partial charge in [-0.25, -0.2) is 0 Å². The Balaban J connectivity index is 1.83. The van der Waals surface area contributed by atoms with Crippen LogP contribution in [0.5, 0.6) is 5.75 Å². The average Bonchev–Trinajstić information content (AvgIpc) is 2.40. The van der Waals surface area contributed by atoms with Crippen molar-refractivity contribution in [2.45, 2.75) is 38.7 Å². The number of fused-ring (bicyclic) bond motifs is 1. The Labute approximate surface area is 118 Å². The molecule has 3 rings (SSSR count). The summed E-state index contributed by atoms with van der Waals surface area (Å²) in [7, 11) is 0. The highest BCUT2D eigenvalue weighted by Gasteiger charge is 2.43. The minimum atomic E-state index is -0.411. The zero-order chi connectivity index (χ0) is 14.3. The first kappa shape index (κ1) is 13.2. The van der Waals surface area contributed by atoms with Crippen molar-refractivity contribution >= 4 is 11.7 Å². The van der Waals surface area contributed by atoms with Crippen LogP contribution in [0.4, 0.5) is 0 Å². The topological polar surface area (TPSA) is 46.6 Å². The molecule has 1 saturated heterocycles. The number of ether oxygens (including phenoxy) is 1. The lowest BCUT2D eigenvalue weighted by atomic mass is 9.82. The predicted molar refractivity (Wildman–Crippen MR) is 75.0 cm³/mol. The maximum absolute atomic E-state index is 12.4. The Morgan fingerprint density at radius 3 is 2.65 bits per heavy atom. The third-order valence-corrected chi connectivity index (χ3v) is 4.36. The lowest BCUT2D eigenvalue weighted by molar-refractivity contribution is -0.132. The molecule has 1 fully saturated rings. The van der Waals surface area contributed by atoms with Gasteiger partial charge in [-0.15, -0.1) is 0 Å². The van der Waals surface area contributed by atoms with Crippen molar-refractivity contribution in [2.24, 2.45) is 0 Å². The monoisotopic (exact) mass is 273 g/mol. The van der Waals surface area contributed by atoms with E-state index in [1.165, 1.54) is 0 Å². The summed E-state index contributed by atoms with van der Waals surface area (Å²) < 4.78 is 6.16. The molecule has 106 valence electrons. The minimum absolute atomic E-state index is 0.0954. The van der Waals surface area contributed by atoms with Crippen LogP contribution >= 0.6 is 0 Å². The summed E-state index contributed by atoms with van der Waals surface area (Å²) in [6.07, 6.45) is 1.88. The summed E-state index contributed by atoms with van der Waals surface area (Å²) >= 11 is 0. The molecule has 0 radical (unpaired) electrons. The molecule has 0 N–H and O–H groups in total. The van der Waals surface area contributed by atoms with Crippen molar-refractivity contribution in [2.75, 3.05) is 13.1 Å². The van der Waals surface area contributed by atoms with E-state index in [0.29, 0.717) is 30.8 Å². The number of hydrogen-bond acceptors (Lipinski definition) is 3. The number of nitrogens with zero attached hydrogens (tertiary/aromatic N) is 1. The number of carbonyl (C=O) groups is 2. The number of Topliss-reactive ketones (excluding diaryl/α,β-unsaturated/α-hetero) is 1. The average molecular weight is 273 g/mol. The van der Waals surface area contributed by atoms with Gasteiger partial charge in [0.2, 0.25) is 5.91 Å². The van der Waals surface area contributed by atoms with Gasteiger partial charge in [0.05, 0.1) is 12.0 Å². The number of likely N-dealkylation sites (tertiary alicyclic amines) is 1. The van der Waals surface area contributed by atoms with Gasteiger partial charge in [-0.2, -0.15) is 0 Å². The number of ketones is 1. The quantitative estimate of drug-likeness (QED) is 0.729. The van der Waals surface area contributed by atoms with Crippen molar-refractivity contribution in [3.05, 3.63) is 29.3 Å². The van der Waals surface area contributed by atoms with Crippen LogP contribution in [-0.4, -0.2) is 35.3 Å². The van der Waals surface area contributed by atoms with Crippen molar-refractivity contribution < 1.29 is 14.3 Å². The Bertz CT molecular complexity index is 571. The van der Waals surface area contributed by atoms with E-state index in [1.54, 1.807) is 6.92 Å². The van der Waals surface area contributed by atoms with Crippen LogP contribution in [0.1, 0.15) is 42.1 Å². The first-order valence-corrected chi connectivity index (χ1v) is 7.07. The van der Waals surface area contributed by atoms with Crippen LogP contribution in [0.25, 0.3) is 0 Å². The third-order valence-electron chi connectivity index (χ3n) is 4.36. The van der Waals surface area contributed by atoms with E-state index in [0.717, 1.165) is 18.4 Å². The lowest BCUT2D eigenvalue weighted by Crippen LogP contribution is -2.51. The van der Waals surface area contributed by atoms with E-state index < -0.39 is 5.60 Å². The molecular weight excluding hydrogens is 254 g/mol. The van der Waals surface area contributed by atoms with E-state index in [4.69, 9.17) is 4.74 Å². The maximum atomic E-state index is 12.4. The fourth-order valence-corrected chi connectivity index (χ4v) is 3.12. The molecule has 0 aromatic heterocycles. The Morgan fingerprint density at radius 1 is 1.30 bits per heavy atom. The smallest absolute Gasteiger partial charge is 0.219 e. The number of benzene rings is 1. The second-order valence-corrected chi connectivity index (χ2v) is 5.89. The summed E-state index contributed by atoms with van der Waals surface area (Å²) in [5, 5.41) is 0. The molecule has 1 aromatic rings. The van der Waals surface area contributed by atoms with Gasteiger partial charge < -0.3 is 9.64 Å². The zero-order valence-corrected chi connectivity index (χ0v) is 11.9. The molecule has 4 heteroatoms. The first-order valence-electron chi connectivity index (χ1n) is 7.07. The minimum Gasteiger partial charge on any atom is -0.486 e. The second kappa shape index (κ2) is 4.62. The number of rotatable bonds is 0. The predicted octanol–water partition coefficient (Wildman–Crippen LogP) is 2.34. The molecule has 0 atom stereocenters. The second-order valence-electron chi connectivity index (χ2n) is 5.89. The fraction of sp³-hybridized carbons (Fsp3) is 0.500. The van der Waals surface area contributed by atoms with E-state index in [9.17, 15) is 9.59 Å². The molecule has 1 spiro atoms. The summed E-state index contributed by atoms with van der Waals surface area (Å²) in [4.78, 5) is 25.6. The fourth-order valence-electron chi connectivity index (χ4n) is 3.12. The molecule has 0 bridgehead atoms. The van der Waals surface area contributed by atoms with Gasteiger partial charge in [0.15, 0.2) is 5.78 Å². The molecule has 0 aliphatic carbocycles. The van der Waals surface area contributed by atoms with Crippen molar-refractivity contribution in [3.8, 4) is 5.75 Å². The molecule has 2 heterocycles. The highest BCUT2D eigenvalue weighted by molar-refractivity contribution is 6.00. The van der Waals surface area contributed by atoms with E-state index in [-0.39, 0.29) is 11.7 Å². The van der Waals surface area contributed by atoms with Gasteiger partial charge >= 0.3 is 0 Å². The molecule has 2 aliphatic rings. The summed E-state index contributed by atoms with van der Waals surface area (Å²) in [6, 6.07) is 5.76. The first-order chi connectivity index (χ1) is 9.49. The SMILES string of the molecule is CC(=O)N1CCC2(CC1)CC(=O)c1cc(C)ccc1O2. The molecule has 1 aromatic carbocycles. The zero-order valence-electron chi connectivity index (χ0n) is 11.9. The number of hydrogen-bond donors (Lipinski definition) is 0. The van der Waals surface area contributed by atoms with Crippen LogP contribution in [0.15, 0.2) is 18.2 Å². The third kappa shape index (κ3) is 2.19. The van der Waals surface area contributed by atoms with Gasteiger partial charge in [-0.05, 0) is 19.1 Å². The summed E-state index contributed by atoms with van der Waals surface area (Å²) in [5.74, 6) is 0.951. The van der Waals surface area contributed by atoms with Crippen molar-refractivity contribution in [1.82, 2.24) is 4.90 Å². The van der Waals surface area contributed by atoms with Crippen LogP contribution in [-0.2, 0) is 4.79 Å². The molecule has 2 aliphatic heterocycles. The van der Waals surface area contributed by atoms with Crippen molar-refractivity contribution in [1.29, 1.82) is 0 Å². The standard InChI is InChI=1S/C16H19NO3/c1-11-3-4-15-13(9-11)14(19)10-16(20-15)5-7-17(8-6-16)12(2)18/h3-4,9H,5-8,10H2,1-2H3.